The SMILES string of the molecule is CCc1c(-c2ccoc2Cl)sc(C(=O)OC(C)(C)C)c1N. The number of carbonyl (C=O) groups excluding carboxylic acids is 1. The molecule has 21 heavy (non-hydrogen) atoms. The van der Waals surface area contributed by atoms with Crippen LogP contribution in [-0.4, -0.2) is 11.6 Å². The van der Waals surface area contributed by atoms with Gasteiger partial charge >= 0.3 is 5.97 Å². The lowest BCUT2D eigenvalue weighted by molar-refractivity contribution is 0.00763. The molecule has 0 aliphatic carbocycles. The monoisotopic (exact) mass is 327 g/mol. The molecule has 2 aromatic heterocycles. The summed E-state index contributed by atoms with van der Waals surface area (Å²) >= 11 is 7.32. The van der Waals surface area contributed by atoms with E-state index in [1.54, 1.807) is 6.07 Å². The number of halogens is 1. The van der Waals surface area contributed by atoms with Crippen molar-refractivity contribution >= 4 is 34.6 Å². The van der Waals surface area contributed by atoms with Gasteiger partial charge in [0.1, 0.15) is 10.5 Å². The molecule has 0 fully saturated rings. The Bertz CT molecular complexity index is 667. The van der Waals surface area contributed by atoms with Crippen LogP contribution in [0.1, 0.15) is 42.9 Å². The van der Waals surface area contributed by atoms with E-state index < -0.39 is 11.6 Å². The molecule has 0 bridgehead atoms. The smallest absolute Gasteiger partial charge is 0.351 e. The number of nitrogen functional groups attached to an aromatic ring is 1. The summed E-state index contributed by atoms with van der Waals surface area (Å²) in [6, 6.07) is 1.77. The molecule has 0 amide bonds. The molecule has 0 aliphatic rings. The molecule has 2 rings (SSSR count). The van der Waals surface area contributed by atoms with E-state index in [4.69, 9.17) is 26.5 Å². The fourth-order valence-corrected chi connectivity index (χ4v) is 3.45. The first-order chi connectivity index (χ1) is 9.74. The normalized spacial score (nSPS) is 11.7. The molecule has 0 aliphatic heterocycles. The van der Waals surface area contributed by atoms with E-state index in [1.165, 1.54) is 17.6 Å². The maximum Gasteiger partial charge on any atom is 0.351 e. The van der Waals surface area contributed by atoms with Crippen LogP contribution in [0.15, 0.2) is 16.7 Å². The first-order valence-corrected chi connectivity index (χ1v) is 7.82. The van der Waals surface area contributed by atoms with E-state index in [9.17, 15) is 4.79 Å². The molecule has 0 unspecified atom stereocenters. The molecule has 6 heteroatoms. The van der Waals surface area contributed by atoms with E-state index in [-0.39, 0.29) is 0 Å². The maximum absolute atomic E-state index is 12.3. The minimum atomic E-state index is -0.562. The maximum atomic E-state index is 12.3. The Morgan fingerprint density at radius 2 is 2.14 bits per heavy atom. The molecular weight excluding hydrogens is 310 g/mol. The van der Waals surface area contributed by atoms with E-state index in [0.717, 1.165) is 16.0 Å². The zero-order chi connectivity index (χ0) is 15.8. The molecule has 2 heterocycles. The van der Waals surface area contributed by atoms with Gasteiger partial charge in [-0.1, -0.05) is 6.92 Å². The standard InChI is InChI=1S/C15H18ClNO3S/c1-5-8-10(17)12(14(18)20-15(2,3)4)21-11(8)9-6-7-19-13(9)16/h6-7H,5,17H2,1-4H3. The quantitative estimate of drug-likeness (QED) is 0.825. The van der Waals surface area contributed by atoms with Crippen LogP contribution in [-0.2, 0) is 11.2 Å². The second-order valence-electron chi connectivity index (χ2n) is 5.62. The number of ether oxygens (including phenoxy) is 1. The van der Waals surface area contributed by atoms with Crippen LogP contribution >= 0.6 is 22.9 Å². The van der Waals surface area contributed by atoms with Gasteiger partial charge in [0.2, 0.25) is 5.22 Å². The van der Waals surface area contributed by atoms with E-state index >= 15 is 0 Å². The fraction of sp³-hybridized carbons (Fsp3) is 0.400. The van der Waals surface area contributed by atoms with Gasteiger partial charge in [-0.2, -0.15) is 0 Å². The van der Waals surface area contributed by atoms with Gasteiger partial charge in [0.15, 0.2) is 0 Å². The Kier molecular flexibility index (Phi) is 4.35. The highest BCUT2D eigenvalue weighted by atomic mass is 35.5. The van der Waals surface area contributed by atoms with Gasteiger partial charge < -0.3 is 14.9 Å². The van der Waals surface area contributed by atoms with Crippen molar-refractivity contribution in [1.29, 1.82) is 0 Å². The van der Waals surface area contributed by atoms with Crippen molar-refractivity contribution in [1.82, 2.24) is 0 Å². The molecule has 0 atom stereocenters. The Balaban J connectivity index is 2.49. The lowest BCUT2D eigenvalue weighted by Gasteiger charge is -2.19. The highest BCUT2D eigenvalue weighted by molar-refractivity contribution is 7.18. The van der Waals surface area contributed by atoms with Gasteiger partial charge in [0.25, 0.3) is 0 Å². The molecule has 0 saturated carbocycles. The minimum Gasteiger partial charge on any atom is -0.456 e. The summed E-state index contributed by atoms with van der Waals surface area (Å²) in [6.45, 7) is 7.45. The zero-order valence-corrected chi connectivity index (χ0v) is 14.0. The van der Waals surface area contributed by atoms with Gasteiger partial charge in [0, 0.05) is 10.4 Å². The molecule has 114 valence electrons. The summed E-state index contributed by atoms with van der Waals surface area (Å²) in [5, 5.41) is 0.293. The van der Waals surface area contributed by atoms with Gasteiger partial charge in [-0.25, -0.2) is 4.79 Å². The molecule has 0 aromatic carbocycles. The van der Waals surface area contributed by atoms with Crippen molar-refractivity contribution in [3.05, 3.63) is 28.0 Å². The van der Waals surface area contributed by atoms with Crippen molar-refractivity contribution in [2.45, 2.75) is 39.7 Å². The van der Waals surface area contributed by atoms with Gasteiger partial charge in [-0.05, 0) is 50.4 Å². The van der Waals surface area contributed by atoms with Crippen molar-refractivity contribution in [2.24, 2.45) is 0 Å². The van der Waals surface area contributed by atoms with Crippen LogP contribution in [0.5, 0.6) is 0 Å². The summed E-state index contributed by atoms with van der Waals surface area (Å²) < 4.78 is 10.5. The van der Waals surface area contributed by atoms with Crippen molar-refractivity contribution in [3.8, 4) is 10.4 Å². The van der Waals surface area contributed by atoms with Crippen LogP contribution in [0.4, 0.5) is 5.69 Å². The Morgan fingerprint density at radius 1 is 1.48 bits per heavy atom. The van der Waals surface area contributed by atoms with Crippen molar-refractivity contribution in [3.63, 3.8) is 0 Å². The number of hydrogen-bond donors (Lipinski definition) is 1. The molecule has 2 N–H and O–H groups in total. The molecule has 0 spiro atoms. The van der Waals surface area contributed by atoms with Crippen LogP contribution in [0, 0.1) is 0 Å². The highest BCUT2D eigenvalue weighted by Gasteiger charge is 2.26. The largest absolute Gasteiger partial charge is 0.456 e. The van der Waals surface area contributed by atoms with Gasteiger partial charge in [-0.3, -0.25) is 0 Å². The van der Waals surface area contributed by atoms with Gasteiger partial charge in [-0.15, -0.1) is 11.3 Å². The molecule has 0 radical (unpaired) electrons. The fourth-order valence-electron chi connectivity index (χ4n) is 1.98. The Morgan fingerprint density at radius 3 is 2.62 bits per heavy atom. The lowest BCUT2D eigenvalue weighted by atomic mass is 10.1. The predicted molar refractivity (Wildman–Crippen MR) is 86.0 cm³/mol. The average molecular weight is 328 g/mol. The predicted octanol–water partition coefficient (Wildman–Crippen LogP) is 4.76. The van der Waals surface area contributed by atoms with Crippen molar-refractivity contribution in [2.75, 3.05) is 5.73 Å². The van der Waals surface area contributed by atoms with Gasteiger partial charge in [0.05, 0.1) is 12.0 Å². The topological polar surface area (TPSA) is 65.5 Å². The van der Waals surface area contributed by atoms with E-state index in [2.05, 4.69) is 0 Å². The third kappa shape index (κ3) is 3.24. The van der Waals surface area contributed by atoms with Crippen LogP contribution in [0.2, 0.25) is 5.22 Å². The van der Waals surface area contributed by atoms with Crippen molar-refractivity contribution < 1.29 is 13.9 Å². The number of carbonyl (C=O) groups is 1. The number of thiophene rings is 1. The first kappa shape index (κ1) is 15.9. The van der Waals surface area contributed by atoms with Crippen LogP contribution in [0.3, 0.4) is 0 Å². The minimum absolute atomic E-state index is 0.293. The molecule has 4 nitrogen and oxygen atoms in total. The van der Waals surface area contributed by atoms with Crippen LogP contribution < -0.4 is 5.73 Å². The second kappa shape index (κ2) is 5.73. The van der Waals surface area contributed by atoms with E-state index in [1.807, 2.05) is 27.7 Å². The number of nitrogens with two attached hydrogens (primary N) is 1. The summed E-state index contributed by atoms with van der Waals surface area (Å²) in [7, 11) is 0. The second-order valence-corrected chi connectivity index (χ2v) is 6.98. The summed E-state index contributed by atoms with van der Waals surface area (Å²) in [5.41, 5.74) is 7.67. The number of hydrogen-bond acceptors (Lipinski definition) is 5. The average Bonchev–Trinajstić information content (AvgIpc) is 2.90. The molecule has 2 aromatic rings. The third-order valence-corrected chi connectivity index (χ3v) is 4.40. The number of anilines is 1. The molecule has 0 saturated heterocycles. The third-order valence-electron chi connectivity index (χ3n) is 2.85. The summed E-state index contributed by atoms with van der Waals surface area (Å²) in [5.74, 6) is -0.412. The first-order valence-electron chi connectivity index (χ1n) is 6.62. The summed E-state index contributed by atoms with van der Waals surface area (Å²) in [4.78, 5) is 13.5. The number of furan rings is 1. The van der Waals surface area contributed by atoms with E-state index in [0.29, 0.717) is 22.2 Å². The lowest BCUT2D eigenvalue weighted by Crippen LogP contribution is -2.23. The Hall–Kier alpha value is -1.46. The number of rotatable bonds is 3. The zero-order valence-electron chi connectivity index (χ0n) is 12.5. The number of esters is 1. The van der Waals surface area contributed by atoms with Crippen LogP contribution in [0.25, 0.3) is 10.4 Å². The summed E-state index contributed by atoms with van der Waals surface area (Å²) in [6.07, 6.45) is 2.21. The highest BCUT2D eigenvalue weighted by Crippen LogP contribution is 2.42. The Labute approximate surface area is 132 Å². The molecular formula is C15H18ClNO3S.